The van der Waals surface area contributed by atoms with Crippen LogP contribution < -0.4 is 14.2 Å². The molecule has 13 atom stereocenters. The number of likely N-dealkylation sites (tertiary alicyclic amines) is 1. The Hall–Kier alpha value is -4.97. The molecule has 73 heavy (non-hydrogen) atoms. The molecule has 2 aliphatic carbocycles. The summed E-state index contributed by atoms with van der Waals surface area (Å²) in [5, 5.41) is 24.3. The van der Waals surface area contributed by atoms with Crippen LogP contribution in [0.25, 0.3) is 21.8 Å². The summed E-state index contributed by atoms with van der Waals surface area (Å²) < 4.78 is 47.8. The lowest BCUT2D eigenvalue weighted by molar-refractivity contribution is -0.0445. The minimum atomic E-state index is -4.67. The molecule has 15 heteroatoms. The van der Waals surface area contributed by atoms with Crippen molar-refractivity contribution in [3.05, 3.63) is 127 Å². The number of rotatable bonds is 9. The molecule has 392 valence electrons. The van der Waals surface area contributed by atoms with Gasteiger partial charge in [-0.15, -0.1) is 13.2 Å². The molecule has 7 saturated heterocycles. The molecule has 9 aliphatic rings. The number of methoxy groups -OCH3 is 3. The van der Waals surface area contributed by atoms with Gasteiger partial charge in [-0.05, 0) is 191 Å². The molecule has 14 nitrogen and oxygen atoms in total. The van der Waals surface area contributed by atoms with Gasteiger partial charge in [-0.3, -0.25) is 28.9 Å². The van der Waals surface area contributed by atoms with Crippen LogP contribution in [0.4, 0.5) is 0 Å². The lowest BCUT2D eigenvalue weighted by atomic mass is 9.52. The third-order valence-corrected chi connectivity index (χ3v) is 18.0. The van der Waals surface area contributed by atoms with Crippen LogP contribution in [0.1, 0.15) is 92.2 Å². The molecule has 0 radical (unpaired) electrons. The van der Waals surface area contributed by atoms with Gasteiger partial charge in [0.05, 0.1) is 44.6 Å². The minimum absolute atomic E-state index is 0.178. The highest BCUT2D eigenvalue weighted by Crippen LogP contribution is 2.56. The molecule has 9 heterocycles. The largest absolute Gasteiger partial charge is 0.497 e. The third kappa shape index (κ3) is 11.1. The quantitative estimate of drug-likeness (QED) is 0.0812. The Morgan fingerprint density at radius 2 is 1.18 bits per heavy atom. The van der Waals surface area contributed by atoms with Gasteiger partial charge >= 0.3 is 10.4 Å². The van der Waals surface area contributed by atoms with Crippen molar-refractivity contribution in [1.29, 1.82) is 0 Å². The van der Waals surface area contributed by atoms with Crippen LogP contribution in [-0.4, -0.2) is 132 Å². The molecule has 0 amide bonds. The Balaban J connectivity index is 0.000000129. The third-order valence-electron chi connectivity index (χ3n) is 18.0. The van der Waals surface area contributed by atoms with E-state index >= 15 is 0 Å². The number of hydrogen-bond donors (Lipinski definition) is 4. The summed E-state index contributed by atoms with van der Waals surface area (Å²) >= 11 is 0. The van der Waals surface area contributed by atoms with E-state index < -0.39 is 22.6 Å². The van der Waals surface area contributed by atoms with E-state index in [1.54, 1.807) is 44.8 Å². The van der Waals surface area contributed by atoms with E-state index in [0.717, 1.165) is 101 Å². The van der Waals surface area contributed by atoms with Gasteiger partial charge in [0.1, 0.15) is 17.2 Å². The van der Waals surface area contributed by atoms with Crippen molar-refractivity contribution in [1.82, 2.24) is 24.7 Å². The van der Waals surface area contributed by atoms with Crippen LogP contribution in [0.15, 0.2) is 104 Å². The predicted molar refractivity (Wildman–Crippen MR) is 286 cm³/mol. The highest BCUT2D eigenvalue weighted by Gasteiger charge is 2.53. The molecule has 4 N–H and O–H groups in total. The molecule has 8 fully saturated rings. The fourth-order valence-corrected chi connectivity index (χ4v) is 14.2. The molecule has 2 unspecified atom stereocenters. The van der Waals surface area contributed by atoms with E-state index in [4.69, 9.17) is 31.7 Å². The van der Waals surface area contributed by atoms with E-state index in [1.165, 1.54) is 57.9 Å². The number of piperidine rings is 7. The summed E-state index contributed by atoms with van der Waals surface area (Å²) in [6.45, 7) is 13.4. The van der Waals surface area contributed by atoms with Crippen LogP contribution >= 0.6 is 0 Å². The van der Waals surface area contributed by atoms with Crippen molar-refractivity contribution in [2.75, 3.05) is 61.1 Å². The van der Waals surface area contributed by atoms with Crippen LogP contribution in [-0.2, 0) is 22.2 Å². The Kier molecular flexibility index (Phi) is 16.3. The average Bonchev–Trinajstić information content (AvgIpc) is 3.42. The number of hydrogen-bond acceptors (Lipinski definition) is 12. The number of likely N-dealkylation sites (N-methyl/N-ethyl adjacent to an activating group) is 1. The first-order valence-electron chi connectivity index (χ1n) is 26.2. The number of aliphatic hydroxyl groups excluding tert-OH is 2. The first-order chi connectivity index (χ1) is 35.2. The van der Waals surface area contributed by atoms with Crippen molar-refractivity contribution in [2.24, 2.45) is 29.6 Å². The van der Waals surface area contributed by atoms with Crippen molar-refractivity contribution in [2.45, 2.75) is 100.0 Å². The molecule has 0 spiro atoms. The fourth-order valence-electron chi connectivity index (χ4n) is 14.2. The first kappa shape index (κ1) is 52.9. The topological polar surface area (TPSA) is 178 Å². The standard InChI is InChI=1S/2C20H24N2O2.C18H25NO.H2O4S/c2*1-3-13-12-22-9-7-14(13)10-19(22)20(23)16-6-8-21-18-5-4-15(24-2)11-17(16)18;1-19-10-9-18-8-4-3-5-15(18)17(19)11-13-6-7-14(20-2)12-16(13)18;1-5(2,3)4/h2*3-6,8,11,13-14,19-20,23H,1,7,9-10,12H2,2H3;6-7,12,15,17H,3-5,8-11H2,1-2H3;(H2,1,2,3,4)/t2*13-,14-,19+,20-;15-,17+,18+;/m001./s1. The SMILES string of the molecule is C=C[C@H]1CN2CC[C@H]1C[C@@H]2[C@@H](O)c1ccnc2ccc(OC)cc12.C=C[C@H]1CN2CC[C@H]1C[C@@H]2[C@@H](O)c1ccnc2ccc(OC)cc12.COc1ccc2c(c1)[C@]13CCCC[C@@H]1[C@H](C2)N(C)CC3.O=S(=O)(O)O. The fraction of sp³-hybridized carbons (Fsp3) is 0.517. The second-order valence-electron chi connectivity index (χ2n) is 21.4. The summed E-state index contributed by atoms with van der Waals surface area (Å²) in [5.74, 6) is 5.93. The highest BCUT2D eigenvalue weighted by molar-refractivity contribution is 7.79. The summed E-state index contributed by atoms with van der Waals surface area (Å²) in [6, 6.07) is 23.5. The van der Waals surface area contributed by atoms with Gasteiger partial charge in [-0.2, -0.15) is 8.42 Å². The minimum Gasteiger partial charge on any atom is -0.497 e. The number of aliphatic hydroxyl groups is 2. The van der Waals surface area contributed by atoms with E-state index in [0.29, 0.717) is 29.1 Å². The number of ether oxygens (including phenoxy) is 3. The Morgan fingerprint density at radius 1 is 0.685 bits per heavy atom. The first-order valence-corrected chi connectivity index (χ1v) is 27.6. The monoisotopic (exact) mass is 1020 g/mol. The van der Waals surface area contributed by atoms with Gasteiger partial charge < -0.3 is 29.3 Å². The maximum atomic E-state index is 11.2. The van der Waals surface area contributed by atoms with Gasteiger partial charge in [-0.25, -0.2) is 0 Å². The Labute approximate surface area is 431 Å². The van der Waals surface area contributed by atoms with Crippen molar-refractivity contribution in [3.8, 4) is 17.2 Å². The van der Waals surface area contributed by atoms with Gasteiger partial charge in [0.15, 0.2) is 0 Å². The number of fused-ring (bicyclic) bond motifs is 9. The zero-order chi connectivity index (χ0) is 51.6. The van der Waals surface area contributed by atoms with E-state index in [9.17, 15) is 10.2 Å². The molecule has 14 rings (SSSR count). The molecule has 7 aliphatic heterocycles. The second-order valence-corrected chi connectivity index (χ2v) is 22.3. The summed E-state index contributed by atoms with van der Waals surface area (Å²) in [6.07, 6.45) is 19.5. The maximum absolute atomic E-state index is 11.2. The molecule has 6 bridgehead atoms. The van der Waals surface area contributed by atoms with Crippen LogP contribution in [0, 0.1) is 29.6 Å². The van der Waals surface area contributed by atoms with Crippen LogP contribution in [0.3, 0.4) is 0 Å². The lowest BCUT2D eigenvalue weighted by Crippen LogP contribution is -2.59. The lowest BCUT2D eigenvalue weighted by Gasteiger charge is -2.58. The van der Waals surface area contributed by atoms with E-state index in [2.05, 4.69) is 75.2 Å². The molecule has 5 aromatic rings. The van der Waals surface area contributed by atoms with Crippen molar-refractivity contribution >= 4 is 32.2 Å². The number of pyridine rings is 2. The normalized spacial score (nSPS) is 30.6. The van der Waals surface area contributed by atoms with E-state index in [1.807, 2.05) is 48.5 Å². The number of benzene rings is 3. The van der Waals surface area contributed by atoms with Crippen molar-refractivity contribution in [3.63, 3.8) is 0 Å². The van der Waals surface area contributed by atoms with Gasteiger partial charge in [0, 0.05) is 59.8 Å². The zero-order valence-electron chi connectivity index (χ0n) is 42.9. The smallest absolute Gasteiger partial charge is 0.394 e. The summed E-state index contributed by atoms with van der Waals surface area (Å²) in [4.78, 5) is 16.3. The average molecular weight is 1020 g/mol. The number of nitrogens with zero attached hydrogens (tertiary/aromatic N) is 5. The van der Waals surface area contributed by atoms with E-state index in [-0.39, 0.29) is 12.1 Å². The van der Waals surface area contributed by atoms with Gasteiger partial charge in [0.2, 0.25) is 0 Å². The number of aromatic nitrogens is 2. The molecule has 2 aromatic heterocycles. The van der Waals surface area contributed by atoms with Gasteiger partial charge in [-0.1, -0.05) is 31.1 Å². The van der Waals surface area contributed by atoms with Crippen LogP contribution in [0.2, 0.25) is 0 Å². The molecular formula is C58H75N5O9S. The van der Waals surface area contributed by atoms with Crippen LogP contribution in [0.5, 0.6) is 17.2 Å². The van der Waals surface area contributed by atoms with Crippen molar-refractivity contribution < 1.29 is 41.9 Å². The Bertz CT molecular complexity index is 2730. The van der Waals surface area contributed by atoms with Gasteiger partial charge in [0.25, 0.3) is 0 Å². The summed E-state index contributed by atoms with van der Waals surface area (Å²) in [5.41, 5.74) is 7.36. The molecule has 1 saturated carbocycles. The molecular weight excluding hydrogens is 943 g/mol. The highest BCUT2D eigenvalue weighted by atomic mass is 32.3. The second kappa shape index (κ2) is 22.5. The zero-order valence-corrected chi connectivity index (χ0v) is 43.7. The summed E-state index contributed by atoms with van der Waals surface area (Å²) in [7, 11) is 2.78. The predicted octanol–water partition coefficient (Wildman–Crippen LogP) is 9.08. The maximum Gasteiger partial charge on any atom is 0.394 e. The molecule has 3 aromatic carbocycles. The Morgan fingerprint density at radius 3 is 1.64 bits per heavy atom.